The third kappa shape index (κ3) is 5.59. The van der Waals surface area contributed by atoms with Gasteiger partial charge in [-0.25, -0.2) is 0 Å². The lowest BCUT2D eigenvalue weighted by atomic mass is 9.93. The van der Waals surface area contributed by atoms with Gasteiger partial charge < -0.3 is 9.64 Å². The van der Waals surface area contributed by atoms with Crippen molar-refractivity contribution in [2.45, 2.75) is 83.8 Å². The zero-order valence-electron chi connectivity index (χ0n) is 14.6. The summed E-state index contributed by atoms with van der Waals surface area (Å²) in [6.45, 7) is 10.5. The van der Waals surface area contributed by atoms with Crippen molar-refractivity contribution in [3.8, 4) is 0 Å². The third-order valence-electron chi connectivity index (χ3n) is 4.51. The summed E-state index contributed by atoms with van der Waals surface area (Å²) in [4.78, 5) is 14.7. The summed E-state index contributed by atoms with van der Waals surface area (Å²) in [5.41, 5.74) is -0.586. The Kier molecular flexibility index (Phi) is 7.67. The van der Waals surface area contributed by atoms with Crippen LogP contribution in [-0.2, 0) is 9.53 Å². The normalized spacial score (nSPS) is 23.0. The number of nitrogens with one attached hydrogen (secondary N) is 1. The van der Waals surface area contributed by atoms with E-state index in [4.69, 9.17) is 4.74 Å². The number of esters is 1. The number of likely N-dealkylation sites (tertiary alicyclic amines) is 1. The topological polar surface area (TPSA) is 41.6 Å². The summed E-state index contributed by atoms with van der Waals surface area (Å²) in [6.07, 6.45) is 7.25. The van der Waals surface area contributed by atoms with Gasteiger partial charge >= 0.3 is 5.97 Å². The van der Waals surface area contributed by atoms with Gasteiger partial charge in [0.25, 0.3) is 0 Å². The van der Waals surface area contributed by atoms with Crippen LogP contribution in [0.1, 0.15) is 66.2 Å². The summed E-state index contributed by atoms with van der Waals surface area (Å²) in [7, 11) is 1.48. The van der Waals surface area contributed by atoms with Gasteiger partial charge in [0.1, 0.15) is 5.54 Å². The minimum atomic E-state index is -0.586. The Morgan fingerprint density at radius 1 is 1.43 bits per heavy atom. The van der Waals surface area contributed by atoms with Gasteiger partial charge in [0.05, 0.1) is 7.11 Å². The molecule has 1 aliphatic rings. The number of methoxy groups -OCH3 is 1. The Morgan fingerprint density at radius 2 is 2.14 bits per heavy atom. The zero-order valence-corrected chi connectivity index (χ0v) is 14.6. The summed E-state index contributed by atoms with van der Waals surface area (Å²) in [5.74, 6) is -0.153. The second-order valence-corrected chi connectivity index (χ2v) is 6.85. The molecule has 0 saturated carbocycles. The van der Waals surface area contributed by atoms with Crippen LogP contribution in [0.3, 0.4) is 0 Å². The van der Waals surface area contributed by atoms with E-state index in [1.807, 2.05) is 6.92 Å². The molecule has 2 atom stereocenters. The fraction of sp³-hybridized carbons (Fsp3) is 0.941. The predicted molar refractivity (Wildman–Crippen MR) is 87.4 cm³/mol. The van der Waals surface area contributed by atoms with Gasteiger partial charge in [-0.2, -0.15) is 0 Å². The molecule has 4 nitrogen and oxygen atoms in total. The molecule has 124 valence electrons. The first-order chi connectivity index (χ1) is 9.92. The molecule has 1 fully saturated rings. The molecule has 0 aromatic heterocycles. The van der Waals surface area contributed by atoms with Gasteiger partial charge in [0.2, 0.25) is 0 Å². The smallest absolute Gasteiger partial charge is 0.325 e. The van der Waals surface area contributed by atoms with Crippen LogP contribution in [0.15, 0.2) is 0 Å². The molecule has 0 aromatic carbocycles. The van der Waals surface area contributed by atoms with E-state index in [0.717, 1.165) is 13.0 Å². The van der Waals surface area contributed by atoms with Crippen molar-refractivity contribution in [3.05, 3.63) is 0 Å². The number of hydrogen-bond acceptors (Lipinski definition) is 4. The van der Waals surface area contributed by atoms with E-state index in [1.54, 1.807) is 0 Å². The molecule has 1 aliphatic heterocycles. The van der Waals surface area contributed by atoms with Crippen molar-refractivity contribution in [1.82, 2.24) is 10.2 Å². The van der Waals surface area contributed by atoms with E-state index in [9.17, 15) is 4.79 Å². The highest BCUT2D eigenvalue weighted by molar-refractivity contribution is 5.80. The van der Waals surface area contributed by atoms with E-state index in [0.29, 0.717) is 6.04 Å². The highest BCUT2D eigenvalue weighted by atomic mass is 16.5. The Hall–Kier alpha value is -0.610. The lowest BCUT2D eigenvalue weighted by Gasteiger charge is -2.38. The van der Waals surface area contributed by atoms with E-state index in [-0.39, 0.29) is 12.0 Å². The maximum absolute atomic E-state index is 12.1. The molecule has 0 aliphatic carbocycles. The molecule has 0 bridgehead atoms. The molecule has 1 rings (SSSR count). The summed E-state index contributed by atoms with van der Waals surface area (Å²) < 4.78 is 5.01. The number of carbonyl (C=O) groups is 1. The van der Waals surface area contributed by atoms with Gasteiger partial charge in [-0.3, -0.25) is 10.1 Å². The minimum absolute atomic E-state index is 0.153. The third-order valence-corrected chi connectivity index (χ3v) is 4.51. The second kappa shape index (κ2) is 8.74. The molecular weight excluding hydrogens is 264 g/mol. The van der Waals surface area contributed by atoms with Crippen LogP contribution in [0, 0.1) is 0 Å². The molecule has 0 aromatic rings. The Morgan fingerprint density at radius 3 is 2.71 bits per heavy atom. The average Bonchev–Trinajstić information content (AvgIpc) is 2.45. The lowest BCUT2D eigenvalue weighted by Crippen LogP contribution is -2.55. The number of rotatable bonds is 8. The summed E-state index contributed by atoms with van der Waals surface area (Å²) >= 11 is 0. The van der Waals surface area contributed by atoms with Crippen LogP contribution >= 0.6 is 0 Å². The van der Waals surface area contributed by atoms with Crippen LogP contribution in [0.5, 0.6) is 0 Å². The van der Waals surface area contributed by atoms with Gasteiger partial charge in [0.15, 0.2) is 0 Å². The number of carbonyl (C=O) groups excluding carboxylic acids is 1. The van der Waals surface area contributed by atoms with Crippen LogP contribution in [0.4, 0.5) is 0 Å². The van der Waals surface area contributed by atoms with Gasteiger partial charge in [-0.1, -0.05) is 19.8 Å². The van der Waals surface area contributed by atoms with E-state index >= 15 is 0 Å². The first-order valence-electron chi connectivity index (χ1n) is 8.53. The van der Waals surface area contributed by atoms with Crippen LogP contribution < -0.4 is 5.32 Å². The fourth-order valence-corrected chi connectivity index (χ4v) is 3.48. The van der Waals surface area contributed by atoms with Gasteiger partial charge in [0, 0.05) is 18.6 Å². The maximum atomic E-state index is 12.1. The van der Waals surface area contributed by atoms with Crippen LogP contribution in [-0.4, -0.2) is 48.7 Å². The van der Waals surface area contributed by atoms with Crippen molar-refractivity contribution in [2.75, 3.05) is 20.2 Å². The largest absolute Gasteiger partial charge is 0.468 e. The molecule has 1 heterocycles. The van der Waals surface area contributed by atoms with Crippen molar-refractivity contribution in [2.24, 2.45) is 0 Å². The minimum Gasteiger partial charge on any atom is -0.468 e. The SMILES string of the molecule is CCCC1CCCCN1CCC(C)(NC(C)C)C(=O)OC. The van der Waals surface area contributed by atoms with Crippen molar-refractivity contribution < 1.29 is 9.53 Å². The monoisotopic (exact) mass is 298 g/mol. The van der Waals surface area contributed by atoms with Crippen LogP contribution in [0.25, 0.3) is 0 Å². The first-order valence-corrected chi connectivity index (χ1v) is 8.53. The van der Waals surface area contributed by atoms with Crippen molar-refractivity contribution in [3.63, 3.8) is 0 Å². The number of hydrogen-bond donors (Lipinski definition) is 1. The standard InChI is InChI=1S/C17H34N2O2/c1-6-9-15-10-7-8-12-19(15)13-11-17(4,16(20)21-5)18-14(2)3/h14-15,18H,6-13H2,1-5H3. The fourth-order valence-electron chi connectivity index (χ4n) is 3.48. The second-order valence-electron chi connectivity index (χ2n) is 6.85. The zero-order chi connectivity index (χ0) is 15.9. The molecule has 0 radical (unpaired) electrons. The van der Waals surface area contributed by atoms with E-state index < -0.39 is 5.54 Å². The van der Waals surface area contributed by atoms with Crippen molar-refractivity contribution >= 4 is 5.97 Å². The van der Waals surface area contributed by atoms with Crippen molar-refractivity contribution in [1.29, 1.82) is 0 Å². The lowest BCUT2D eigenvalue weighted by molar-refractivity contribution is -0.148. The highest BCUT2D eigenvalue weighted by Crippen LogP contribution is 2.23. The van der Waals surface area contributed by atoms with Gasteiger partial charge in [-0.15, -0.1) is 0 Å². The predicted octanol–water partition coefficient (Wildman–Crippen LogP) is 2.96. The van der Waals surface area contributed by atoms with E-state index in [2.05, 4.69) is 31.0 Å². The Bertz CT molecular complexity index is 318. The Labute approximate surface area is 130 Å². The molecule has 0 amide bonds. The molecular formula is C17H34N2O2. The van der Waals surface area contributed by atoms with Gasteiger partial charge in [-0.05, 0) is 53.0 Å². The highest BCUT2D eigenvalue weighted by Gasteiger charge is 2.35. The quantitative estimate of drug-likeness (QED) is 0.700. The average molecular weight is 298 g/mol. The molecule has 2 unspecified atom stereocenters. The first kappa shape index (κ1) is 18.4. The summed E-state index contributed by atoms with van der Waals surface area (Å²) in [5, 5.41) is 3.39. The molecule has 21 heavy (non-hydrogen) atoms. The number of piperidine rings is 1. The molecule has 1 saturated heterocycles. The van der Waals surface area contributed by atoms with Crippen LogP contribution in [0.2, 0.25) is 0 Å². The summed E-state index contributed by atoms with van der Waals surface area (Å²) in [6, 6.07) is 0.964. The Balaban J connectivity index is 2.64. The molecule has 4 heteroatoms. The molecule has 1 N–H and O–H groups in total. The molecule has 0 spiro atoms. The van der Waals surface area contributed by atoms with E-state index in [1.165, 1.54) is 45.8 Å². The number of nitrogens with zero attached hydrogens (tertiary/aromatic N) is 1. The maximum Gasteiger partial charge on any atom is 0.325 e. The number of ether oxygens (including phenoxy) is 1.